The van der Waals surface area contributed by atoms with Crippen LogP contribution in [0.25, 0.3) is 0 Å². The fourth-order valence-electron chi connectivity index (χ4n) is 2.62. The molecule has 0 aliphatic carbocycles. The van der Waals surface area contributed by atoms with E-state index in [-0.39, 0.29) is 18.4 Å². The summed E-state index contributed by atoms with van der Waals surface area (Å²) in [6.45, 7) is 4.24. The Morgan fingerprint density at radius 1 is 1.12 bits per heavy atom. The third kappa shape index (κ3) is 5.13. The van der Waals surface area contributed by atoms with Crippen LogP contribution in [0, 0.1) is 5.82 Å². The van der Waals surface area contributed by atoms with Gasteiger partial charge in [0, 0.05) is 17.9 Å². The number of amides is 2. The molecular formula is C20H24FN3O2. The van der Waals surface area contributed by atoms with Gasteiger partial charge in [0.1, 0.15) is 5.82 Å². The monoisotopic (exact) mass is 357 g/mol. The molecule has 138 valence electrons. The first-order valence-corrected chi connectivity index (χ1v) is 8.54. The zero-order valence-electron chi connectivity index (χ0n) is 15.3. The average molecular weight is 357 g/mol. The molecule has 0 saturated heterocycles. The molecular weight excluding hydrogens is 333 g/mol. The van der Waals surface area contributed by atoms with Gasteiger partial charge in [-0.25, -0.2) is 4.39 Å². The van der Waals surface area contributed by atoms with E-state index in [1.807, 2.05) is 37.3 Å². The van der Waals surface area contributed by atoms with E-state index in [4.69, 9.17) is 0 Å². The van der Waals surface area contributed by atoms with E-state index in [2.05, 4.69) is 5.32 Å². The summed E-state index contributed by atoms with van der Waals surface area (Å²) in [5.41, 5.74) is 1.21. The molecule has 6 heteroatoms. The lowest BCUT2D eigenvalue weighted by molar-refractivity contribution is -0.124. The van der Waals surface area contributed by atoms with Crippen molar-refractivity contribution in [1.29, 1.82) is 0 Å². The first-order valence-electron chi connectivity index (χ1n) is 8.54. The summed E-state index contributed by atoms with van der Waals surface area (Å²) in [4.78, 5) is 28.3. The molecule has 2 rings (SSSR count). The lowest BCUT2D eigenvalue weighted by Crippen LogP contribution is -2.48. The second-order valence-corrected chi connectivity index (χ2v) is 6.07. The van der Waals surface area contributed by atoms with Crippen LogP contribution in [0.4, 0.5) is 15.8 Å². The molecule has 0 fully saturated rings. The lowest BCUT2D eigenvalue weighted by Gasteiger charge is -2.29. The quantitative estimate of drug-likeness (QED) is 0.828. The number of halogens is 1. The second-order valence-electron chi connectivity index (χ2n) is 6.07. The molecule has 26 heavy (non-hydrogen) atoms. The predicted octanol–water partition coefficient (Wildman–Crippen LogP) is 3.14. The highest BCUT2D eigenvalue weighted by Crippen LogP contribution is 2.16. The number of nitrogens with one attached hydrogen (secondary N) is 1. The Labute approximate surface area is 153 Å². The van der Waals surface area contributed by atoms with Crippen molar-refractivity contribution in [2.24, 2.45) is 0 Å². The van der Waals surface area contributed by atoms with Crippen LogP contribution in [0.3, 0.4) is 0 Å². The van der Waals surface area contributed by atoms with Gasteiger partial charge in [-0.15, -0.1) is 0 Å². The van der Waals surface area contributed by atoms with Crippen LogP contribution < -0.4 is 10.2 Å². The molecule has 0 aliphatic rings. The molecule has 0 heterocycles. The number of hydrogen-bond acceptors (Lipinski definition) is 3. The number of carbonyl (C=O) groups is 2. The minimum absolute atomic E-state index is 0.0236. The number of nitrogens with zero attached hydrogens (tertiary/aromatic N) is 2. The van der Waals surface area contributed by atoms with Crippen LogP contribution in [-0.4, -0.2) is 42.9 Å². The normalized spacial score (nSPS) is 11.9. The Hall–Kier alpha value is -2.73. The second kappa shape index (κ2) is 9.10. The zero-order valence-corrected chi connectivity index (χ0v) is 15.3. The van der Waals surface area contributed by atoms with Gasteiger partial charge in [0.15, 0.2) is 0 Å². The van der Waals surface area contributed by atoms with Crippen molar-refractivity contribution in [3.63, 3.8) is 0 Å². The van der Waals surface area contributed by atoms with Gasteiger partial charge in [-0.1, -0.05) is 24.3 Å². The van der Waals surface area contributed by atoms with Gasteiger partial charge in [0.25, 0.3) is 0 Å². The van der Waals surface area contributed by atoms with E-state index in [1.165, 1.54) is 18.2 Å². The fraction of sp³-hybridized carbons (Fsp3) is 0.300. The molecule has 1 atom stereocenters. The van der Waals surface area contributed by atoms with Gasteiger partial charge >= 0.3 is 0 Å². The van der Waals surface area contributed by atoms with E-state index in [0.29, 0.717) is 12.2 Å². The summed E-state index contributed by atoms with van der Waals surface area (Å²) < 4.78 is 13.2. The summed E-state index contributed by atoms with van der Waals surface area (Å²) >= 11 is 0. The maximum atomic E-state index is 13.2. The van der Waals surface area contributed by atoms with E-state index in [0.717, 1.165) is 5.69 Å². The van der Waals surface area contributed by atoms with E-state index < -0.39 is 11.9 Å². The van der Waals surface area contributed by atoms with Crippen LogP contribution in [0.15, 0.2) is 54.6 Å². The van der Waals surface area contributed by atoms with E-state index in [1.54, 1.807) is 29.8 Å². The number of anilines is 2. The largest absolute Gasteiger partial charge is 0.325 e. The van der Waals surface area contributed by atoms with Gasteiger partial charge < -0.3 is 10.2 Å². The molecule has 2 aromatic rings. The molecule has 0 aliphatic heterocycles. The highest BCUT2D eigenvalue weighted by molar-refractivity contribution is 5.98. The van der Waals surface area contributed by atoms with Crippen LogP contribution in [-0.2, 0) is 9.59 Å². The number of benzene rings is 2. The maximum absolute atomic E-state index is 13.2. The fourth-order valence-corrected chi connectivity index (χ4v) is 2.62. The number of rotatable bonds is 7. The molecule has 0 aromatic heterocycles. The van der Waals surface area contributed by atoms with Crippen LogP contribution in [0.5, 0.6) is 0 Å². The van der Waals surface area contributed by atoms with Crippen molar-refractivity contribution in [2.75, 3.05) is 30.4 Å². The standard InChI is InChI=1S/C20H24FN3O2/c1-4-24(18-11-6-5-7-12-18)20(26)15(2)23(3)14-19(25)22-17-10-8-9-16(21)13-17/h5-13,15H,4,14H2,1-3H3,(H,22,25)/t15-/m0/s1. The highest BCUT2D eigenvalue weighted by Gasteiger charge is 2.25. The Morgan fingerprint density at radius 2 is 1.81 bits per heavy atom. The number of para-hydroxylation sites is 1. The van der Waals surface area contributed by atoms with Crippen molar-refractivity contribution in [1.82, 2.24) is 4.90 Å². The van der Waals surface area contributed by atoms with Crippen LogP contribution in [0.2, 0.25) is 0 Å². The van der Waals surface area contributed by atoms with E-state index >= 15 is 0 Å². The zero-order chi connectivity index (χ0) is 19.1. The van der Waals surface area contributed by atoms with Crippen molar-refractivity contribution < 1.29 is 14.0 Å². The number of likely N-dealkylation sites (N-methyl/N-ethyl adjacent to an activating group) is 2. The molecule has 0 saturated carbocycles. The highest BCUT2D eigenvalue weighted by atomic mass is 19.1. The minimum atomic E-state index is -0.478. The van der Waals surface area contributed by atoms with Gasteiger partial charge in [0.2, 0.25) is 11.8 Å². The van der Waals surface area contributed by atoms with Gasteiger partial charge in [-0.3, -0.25) is 14.5 Å². The third-order valence-electron chi connectivity index (χ3n) is 4.17. The third-order valence-corrected chi connectivity index (χ3v) is 4.17. The topological polar surface area (TPSA) is 52.7 Å². The smallest absolute Gasteiger partial charge is 0.244 e. The lowest BCUT2D eigenvalue weighted by atomic mass is 10.2. The van der Waals surface area contributed by atoms with Crippen LogP contribution >= 0.6 is 0 Å². The molecule has 1 N–H and O–H groups in total. The summed E-state index contributed by atoms with van der Waals surface area (Å²) in [7, 11) is 1.71. The Morgan fingerprint density at radius 3 is 2.42 bits per heavy atom. The molecule has 2 aromatic carbocycles. The van der Waals surface area contributed by atoms with Crippen molar-refractivity contribution >= 4 is 23.2 Å². The van der Waals surface area contributed by atoms with Gasteiger partial charge in [-0.05, 0) is 51.2 Å². The molecule has 5 nitrogen and oxygen atoms in total. The van der Waals surface area contributed by atoms with Gasteiger partial charge in [-0.2, -0.15) is 0 Å². The molecule has 2 amide bonds. The Kier molecular flexibility index (Phi) is 6.86. The van der Waals surface area contributed by atoms with Crippen molar-refractivity contribution in [3.05, 3.63) is 60.4 Å². The van der Waals surface area contributed by atoms with Crippen LogP contribution in [0.1, 0.15) is 13.8 Å². The summed E-state index contributed by atoms with van der Waals surface area (Å²) in [6, 6.07) is 14.6. The number of hydrogen-bond donors (Lipinski definition) is 1. The Balaban J connectivity index is 1.98. The number of carbonyl (C=O) groups excluding carboxylic acids is 2. The average Bonchev–Trinajstić information content (AvgIpc) is 2.62. The first-order chi connectivity index (χ1) is 12.4. The molecule has 0 bridgehead atoms. The maximum Gasteiger partial charge on any atom is 0.244 e. The molecule has 0 radical (unpaired) electrons. The van der Waals surface area contributed by atoms with Crippen molar-refractivity contribution in [2.45, 2.75) is 19.9 Å². The molecule has 0 spiro atoms. The predicted molar refractivity (Wildman–Crippen MR) is 102 cm³/mol. The minimum Gasteiger partial charge on any atom is -0.325 e. The van der Waals surface area contributed by atoms with E-state index in [9.17, 15) is 14.0 Å². The first kappa shape index (κ1) is 19.6. The Bertz CT molecular complexity index is 752. The summed E-state index contributed by atoms with van der Waals surface area (Å²) in [6.07, 6.45) is 0. The molecule has 0 unspecified atom stereocenters. The SMILES string of the molecule is CCN(C(=O)[C@H](C)N(C)CC(=O)Nc1cccc(F)c1)c1ccccc1. The summed E-state index contributed by atoms with van der Waals surface area (Å²) in [5.74, 6) is -0.804. The van der Waals surface area contributed by atoms with Crippen molar-refractivity contribution in [3.8, 4) is 0 Å². The summed E-state index contributed by atoms with van der Waals surface area (Å²) in [5, 5.41) is 2.64. The van der Waals surface area contributed by atoms with Gasteiger partial charge in [0.05, 0.1) is 12.6 Å².